The predicted molar refractivity (Wildman–Crippen MR) is 69.8 cm³/mol. The van der Waals surface area contributed by atoms with E-state index in [0.29, 0.717) is 5.88 Å². The number of allylic oxidation sites excluding steroid dienone is 1. The molecule has 86 valence electrons. The fraction of sp³-hybridized carbons (Fsp3) is 0.333. The molecule has 0 amide bonds. The molecule has 0 heterocycles. The van der Waals surface area contributed by atoms with Crippen LogP contribution in [0.4, 0.5) is 0 Å². The summed E-state index contributed by atoms with van der Waals surface area (Å²) in [6.45, 7) is 4.35. The maximum absolute atomic E-state index is 5.88. The van der Waals surface area contributed by atoms with Gasteiger partial charge in [0, 0.05) is 5.88 Å². The molecule has 0 fully saturated rings. The van der Waals surface area contributed by atoms with Gasteiger partial charge in [-0.2, -0.15) is 0 Å². The molecule has 0 aliphatic heterocycles. The Kier molecular flexibility index (Phi) is 6.66. The molecule has 2 rings (SSSR count). The van der Waals surface area contributed by atoms with Gasteiger partial charge in [0.2, 0.25) is 0 Å². The van der Waals surface area contributed by atoms with E-state index in [2.05, 4.69) is 32.1 Å². The van der Waals surface area contributed by atoms with Crippen LogP contribution in [-0.4, -0.2) is 0 Å². The number of alkyl halides is 1. The van der Waals surface area contributed by atoms with Gasteiger partial charge >= 0.3 is 37.9 Å². The number of hydrogen-bond acceptors (Lipinski definition) is 0. The minimum atomic E-state index is -0.826. The molecule has 1 aromatic rings. The van der Waals surface area contributed by atoms with Crippen LogP contribution in [0.3, 0.4) is 0 Å². The van der Waals surface area contributed by atoms with Crippen LogP contribution in [0.5, 0.6) is 0 Å². The third-order valence-corrected chi connectivity index (χ3v) is 2.96. The normalized spacial score (nSPS) is 12.4. The number of halogens is 3. The monoisotopic (exact) mass is 352 g/mol. The summed E-state index contributed by atoms with van der Waals surface area (Å²) in [6.07, 6.45) is 3.37. The second kappa shape index (κ2) is 7.21. The van der Waals surface area contributed by atoms with Gasteiger partial charge in [-0.05, 0) is 42.5 Å². The first-order chi connectivity index (χ1) is 7.63. The Morgan fingerprint density at radius 2 is 1.88 bits per heavy atom. The molecule has 16 heavy (non-hydrogen) atoms. The molecule has 0 unspecified atom stereocenters. The third-order valence-electron chi connectivity index (χ3n) is 2.67. The van der Waals surface area contributed by atoms with Gasteiger partial charge in [-0.1, -0.05) is 23.8 Å². The number of hydrogen-bond donors (Lipinski definition) is 0. The SMILES string of the molecule is CC1=Cc2c(CCl)ccc(C)c2C1.[Cl][Zr][Cl]. The number of rotatable bonds is 1. The minimum absolute atomic E-state index is 0.617. The van der Waals surface area contributed by atoms with Crippen LogP contribution in [-0.2, 0) is 33.1 Å². The van der Waals surface area contributed by atoms with Gasteiger partial charge in [-0.3, -0.25) is 0 Å². The molecule has 0 atom stereocenters. The molecule has 0 saturated heterocycles. The Labute approximate surface area is 121 Å². The molecule has 0 aromatic heterocycles. The number of benzene rings is 1. The van der Waals surface area contributed by atoms with Crippen molar-refractivity contribution in [2.24, 2.45) is 0 Å². The quantitative estimate of drug-likeness (QED) is 0.618. The molecule has 0 spiro atoms. The van der Waals surface area contributed by atoms with Crippen molar-refractivity contribution in [3.8, 4) is 0 Å². The molecule has 0 radical (unpaired) electrons. The summed E-state index contributed by atoms with van der Waals surface area (Å²) in [5.74, 6) is 0.617. The predicted octanol–water partition coefficient (Wildman–Crippen LogP) is 5.07. The Bertz CT molecular complexity index is 399. The van der Waals surface area contributed by atoms with Crippen LogP contribution in [0.2, 0.25) is 0 Å². The molecule has 0 N–H and O–H groups in total. The Morgan fingerprint density at radius 1 is 1.25 bits per heavy atom. The summed E-state index contributed by atoms with van der Waals surface area (Å²) in [5, 5.41) is 0. The summed E-state index contributed by atoms with van der Waals surface area (Å²) in [7, 11) is 9.87. The summed E-state index contributed by atoms with van der Waals surface area (Å²) in [4.78, 5) is 0. The van der Waals surface area contributed by atoms with Gasteiger partial charge in [0.25, 0.3) is 0 Å². The molecule has 0 saturated carbocycles. The summed E-state index contributed by atoms with van der Waals surface area (Å²) in [5.41, 5.74) is 6.93. The molecule has 0 nitrogen and oxygen atoms in total. The summed E-state index contributed by atoms with van der Waals surface area (Å²) in [6, 6.07) is 4.30. The zero-order chi connectivity index (χ0) is 12.1. The van der Waals surface area contributed by atoms with Gasteiger partial charge in [0.1, 0.15) is 0 Å². The number of aryl methyl sites for hydroxylation is 1. The Hall–Kier alpha value is 0.713. The van der Waals surface area contributed by atoms with Crippen molar-refractivity contribution >= 4 is 34.7 Å². The second-order valence-corrected chi connectivity index (χ2v) is 7.81. The van der Waals surface area contributed by atoms with Crippen LogP contribution in [0.25, 0.3) is 6.08 Å². The molecule has 0 bridgehead atoms. The van der Waals surface area contributed by atoms with Crippen molar-refractivity contribution in [3.63, 3.8) is 0 Å². The topological polar surface area (TPSA) is 0 Å². The summed E-state index contributed by atoms with van der Waals surface area (Å²) < 4.78 is 0. The van der Waals surface area contributed by atoms with E-state index in [4.69, 9.17) is 28.6 Å². The van der Waals surface area contributed by atoms with E-state index in [0.717, 1.165) is 6.42 Å². The average molecular weight is 355 g/mol. The van der Waals surface area contributed by atoms with Crippen molar-refractivity contribution in [1.29, 1.82) is 0 Å². The molecule has 1 aromatic carbocycles. The fourth-order valence-electron chi connectivity index (χ4n) is 1.93. The van der Waals surface area contributed by atoms with E-state index < -0.39 is 20.8 Å². The van der Waals surface area contributed by atoms with Gasteiger partial charge in [0.15, 0.2) is 0 Å². The first-order valence-corrected chi connectivity index (χ1v) is 11.8. The zero-order valence-corrected chi connectivity index (χ0v) is 14.0. The van der Waals surface area contributed by atoms with E-state index in [1.165, 1.54) is 27.8 Å². The standard InChI is InChI=1S/C12H13Cl.2ClH.Zr/c1-8-5-11-9(2)3-4-10(7-13)12(11)6-8;;;/h3-4,6H,5,7H2,1-2H3;2*1H;/q;;;+2/p-2. The fourth-order valence-corrected chi connectivity index (χ4v) is 2.16. The first-order valence-electron chi connectivity index (χ1n) is 4.94. The van der Waals surface area contributed by atoms with Crippen molar-refractivity contribution < 1.29 is 20.8 Å². The van der Waals surface area contributed by atoms with E-state index >= 15 is 0 Å². The summed E-state index contributed by atoms with van der Waals surface area (Å²) >= 11 is 5.06. The molecule has 1 aliphatic rings. The Balaban J connectivity index is 0.000000386. The van der Waals surface area contributed by atoms with Gasteiger partial charge in [0.05, 0.1) is 0 Å². The Morgan fingerprint density at radius 3 is 2.44 bits per heavy atom. The molecule has 4 heteroatoms. The van der Waals surface area contributed by atoms with Crippen molar-refractivity contribution in [2.45, 2.75) is 26.1 Å². The van der Waals surface area contributed by atoms with Crippen LogP contribution in [0.1, 0.15) is 29.2 Å². The average Bonchev–Trinajstić information content (AvgIpc) is 2.62. The van der Waals surface area contributed by atoms with Crippen LogP contribution in [0.15, 0.2) is 17.7 Å². The molecular formula is C12H13Cl3Zr. The van der Waals surface area contributed by atoms with Gasteiger partial charge in [-0.15, -0.1) is 11.6 Å². The maximum atomic E-state index is 5.88. The molecule has 1 aliphatic carbocycles. The van der Waals surface area contributed by atoms with E-state index in [9.17, 15) is 0 Å². The van der Waals surface area contributed by atoms with Crippen LogP contribution in [0, 0.1) is 6.92 Å². The van der Waals surface area contributed by atoms with E-state index in [-0.39, 0.29) is 0 Å². The van der Waals surface area contributed by atoms with Gasteiger partial charge in [-0.25, -0.2) is 0 Å². The van der Waals surface area contributed by atoms with Crippen molar-refractivity contribution in [2.75, 3.05) is 0 Å². The van der Waals surface area contributed by atoms with Crippen LogP contribution < -0.4 is 0 Å². The van der Waals surface area contributed by atoms with Crippen molar-refractivity contribution in [3.05, 3.63) is 40.0 Å². The molecular weight excluding hydrogens is 342 g/mol. The van der Waals surface area contributed by atoms with E-state index in [1.807, 2.05) is 0 Å². The van der Waals surface area contributed by atoms with E-state index in [1.54, 1.807) is 0 Å². The first kappa shape index (κ1) is 14.8. The second-order valence-electron chi connectivity index (χ2n) is 3.81. The van der Waals surface area contributed by atoms with Crippen LogP contribution >= 0.6 is 28.6 Å². The number of fused-ring (bicyclic) bond motifs is 1. The van der Waals surface area contributed by atoms with Crippen molar-refractivity contribution in [1.82, 2.24) is 0 Å². The zero-order valence-electron chi connectivity index (χ0n) is 9.28. The third kappa shape index (κ3) is 3.60. The van der Waals surface area contributed by atoms with Gasteiger partial charge < -0.3 is 0 Å².